The zero-order valence-electron chi connectivity index (χ0n) is 22.7. The fourth-order valence-electron chi connectivity index (χ4n) is 4.33. The summed E-state index contributed by atoms with van der Waals surface area (Å²) in [6, 6.07) is 20.7. The summed E-state index contributed by atoms with van der Waals surface area (Å²) < 4.78 is 0. The Balaban J connectivity index is 1.90. The smallest absolute Gasteiger partial charge is 0.243 e. The first kappa shape index (κ1) is 30.1. The summed E-state index contributed by atoms with van der Waals surface area (Å²) in [4.78, 5) is 29.1. The Kier molecular flexibility index (Phi) is 10.7. The maximum absolute atomic E-state index is 13.8. The van der Waals surface area contributed by atoms with Gasteiger partial charge in [-0.3, -0.25) is 9.59 Å². The van der Waals surface area contributed by atoms with E-state index in [2.05, 4.69) is 37.4 Å². The van der Waals surface area contributed by atoms with E-state index >= 15 is 0 Å². The predicted molar refractivity (Wildman–Crippen MR) is 161 cm³/mol. The number of benzene rings is 3. The van der Waals surface area contributed by atoms with Crippen LogP contribution >= 0.6 is 35.0 Å². The number of carbonyl (C=O) groups excluding carboxylic acids is 2. The molecular weight excluding hydrogens is 535 g/mol. The Labute approximate surface area is 241 Å². The average Bonchev–Trinajstić information content (AvgIpc) is 2.81. The van der Waals surface area contributed by atoms with E-state index in [1.54, 1.807) is 28.8 Å². The first-order chi connectivity index (χ1) is 17.9. The first-order valence-electron chi connectivity index (χ1n) is 12.7. The van der Waals surface area contributed by atoms with Crippen LogP contribution in [0.1, 0.15) is 48.6 Å². The highest BCUT2D eigenvalue weighted by Crippen LogP contribution is 2.25. The molecule has 4 nitrogen and oxygen atoms in total. The van der Waals surface area contributed by atoms with Crippen LogP contribution < -0.4 is 5.32 Å². The Hall–Kier alpha value is -2.47. The summed E-state index contributed by atoms with van der Waals surface area (Å²) in [6.07, 6.45) is 0.390. The zero-order valence-corrected chi connectivity index (χ0v) is 25.0. The molecule has 7 heteroatoms. The third-order valence-corrected chi connectivity index (χ3v) is 7.48. The molecule has 0 saturated heterocycles. The van der Waals surface area contributed by atoms with Crippen LogP contribution in [0.5, 0.6) is 0 Å². The molecule has 0 fully saturated rings. The third-order valence-electron chi connectivity index (χ3n) is 5.90. The minimum atomic E-state index is -0.710. The lowest BCUT2D eigenvalue weighted by molar-refractivity contribution is -0.140. The van der Waals surface area contributed by atoms with Crippen LogP contribution in [0, 0.1) is 13.8 Å². The van der Waals surface area contributed by atoms with Crippen molar-refractivity contribution in [2.45, 2.75) is 64.9 Å². The molecule has 0 aliphatic carbocycles. The van der Waals surface area contributed by atoms with E-state index < -0.39 is 11.6 Å². The Morgan fingerprint density at radius 1 is 0.921 bits per heavy atom. The van der Waals surface area contributed by atoms with Gasteiger partial charge in [0, 0.05) is 34.3 Å². The van der Waals surface area contributed by atoms with Gasteiger partial charge in [0.05, 0.1) is 5.75 Å². The lowest BCUT2D eigenvalue weighted by Gasteiger charge is -2.34. The summed E-state index contributed by atoms with van der Waals surface area (Å²) in [6.45, 7) is 10.2. The van der Waals surface area contributed by atoms with Gasteiger partial charge in [-0.05, 0) is 63.4 Å². The van der Waals surface area contributed by atoms with Crippen molar-refractivity contribution in [2.24, 2.45) is 0 Å². The molecule has 3 aromatic carbocycles. The molecule has 0 unspecified atom stereocenters. The van der Waals surface area contributed by atoms with E-state index in [1.165, 1.54) is 16.7 Å². The summed E-state index contributed by atoms with van der Waals surface area (Å²) in [7, 11) is 0. The van der Waals surface area contributed by atoms with E-state index in [9.17, 15) is 9.59 Å². The lowest BCUT2D eigenvalue weighted by Crippen LogP contribution is -2.54. The van der Waals surface area contributed by atoms with Crippen LogP contribution in [0.25, 0.3) is 0 Å². The van der Waals surface area contributed by atoms with E-state index in [-0.39, 0.29) is 24.1 Å². The van der Waals surface area contributed by atoms with Gasteiger partial charge in [-0.15, -0.1) is 11.8 Å². The number of nitrogens with one attached hydrogen (secondary N) is 1. The first-order valence-corrected chi connectivity index (χ1v) is 14.6. The SMILES string of the molecule is Cc1cc(C)cc(CSCC(=O)N(Cc2ccc(Cl)cc2Cl)[C@H](Cc2ccccc2)C(=O)NC(C)(C)C)c1. The molecule has 38 heavy (non-hydrogen) atoms. The molecule has 3 aromatic rings. The molecule has 0 aromatic heterocycles. The fraction of sp³-hybridized carbons (Fsp3) is 0.355. The number of thioether (sulfide) groups is 1. The quantitative estimate of drug-likeness (QED) is 0.276. The standard InChI is InChI=1S/C31H36Cl2N2O2S/c1-21-13-22(2)15-24(14-21)19-38-20-29(36)35(18-25-11-12-26(32)17-27(25)33)28(30(37)34-31(3,4)5)16-23-9-7-6-8-10-23/h6-15,17,28H,16,18-20H2,1-5H3,(H,34,37)/t28-/m1/s1. The van der Waals surface area contributed by atoms with E-state index in [4.69, 9.17) is 23.2 Å². The predicted octanol–water partition coefficient (Wildman–Crippen LogP) is 7.40. The van der Waals surface area contributed by atoms with Crippen molar-refractivity contribution in [1.29, 1.82) is 0 Å². The Bertz CT molecular complexity index is 1240. The van der Waals surface area contributed by atoms with Crippen molar-refractivity contribution in [3.8, 4) is 0 Å². The van der Waals surface area contributed by atoms with Gasteiger partial charge < -0.3 is 10.2 Å². The maximum Gasteiger partial charge on any atom is 0.243 e. The molecule has 3 rings (SSSR count). The van der Waals surface area contributed by atoms with Crippen molar-refractivity contribution in [2.75, 3.05) is 5.75 Å². The fourth-order valence-corrected chi connectivity index (χ4v) is 5.64. The second-order valence-corrected chi connectivity index (χ2v) is 12.5. The van der Waals surface area contributed by atoms with Crippen LogP contribution in [0.4, 0.5) is 0 Å². The zero-order chi connectivity index (χ0) is 27.9. The lowest BCUT2D eigenvalue weighted by atomic mass is 10.0. The highest BCUT2D eigenvalue weighted by atomic mass is 35.5. The largest absolute Gasteiger partial charge is 0.350 e. The van der Waals surface area contributed by atoms with Crippen molar-refractivity contribution >= 4 is 46.8 Å². The second kappa shape index (κ2) is 13.5. The summed E-state index contributed by atoms with van der Waals surface area (Å²) in [5, 5.41) is 4.07. The minimum Gasteiger partial charge on any atom is -0.350 e. The van der Waals surface area contributed by atoms with Gasteiger partial charge in [0.15, 0.2) is 0 Å². The van der Waals surface area contributed by atoms with Crippen LogP contribution in [-0.2, 0) is 28.3 Å². The summed E-state index contributed by atoms with van der Waals surface area (Å²) in [5.74, 6) is 0.641. The van der Waals surface area contributed by atoms with Crippen molar-refractivity contribution in [1.82, 2.24) is 10.2 Å². The number of nitrogens with zero attached hydrogens (tertiary/aromatic N) is 1. The molecule has 0 heterocycles. The average molecular weight is 572 g/mol. The van der Waals surface area contributed by atoms with Gasteiger partial charge in [0.1, 0.15) is 6.04 Å². The van der Waals surface area contributed by atoms with Crippen molar-refractivity contribution in [3.05, 3.63) is 105 Å². The Morgan fingerprint density at radius 3 is 2.18 bits per heavy atom. The van der Waals surface area contributed by atoms with Crippen LogP contribution in [0.15, 0.2) is 66.7 Å². The summed E-state index contributed by atoms with van der Waals surface area (Å²) >= 11 is 14.2. The van der Waals surface area contributed by atoms with Gasteiger partial charge >= 0.3 is 0 Å². The number of rotatable bonds is 10. The van der Waals surface area contributed by atoms with E-state index in [0.717, 1.165) is 11.1 Å². The Morgan fingerprint density at radius 2 is 1.58 bits per heavy atom. The number of hydrogen-bond acceptors (Lipinski definition) is 3. The van der Waals surface area contributed by atoms with Crippen LogP contribution in [-0.4, -0.2) is 34.0 Å². The molecule has 0 aliphatic heterocycles. The molecule has 0 bridgehead atoms. The molecule has 202 valence electrons. The molecule has 1 atom stereocenters. The molecule has 0 radical (unpaired) electrons. The molecule has 0 spiro atoms. The number of carbonyl (C=O) groups is 2. The van der Waals surface area contributed by atoms with Gasteiger partial charge in [-0.2, -0.15) is 0 Å². The van der Waals surface area contributed by atoms with Crippen molar-refractivity contribution < 1.29 is 9.59 Å². The number of amides is 2. The molecular formula is C31H36Cl2N2O2S. The molecule has 1 N–H and O–H groups in total. The molecule has 2 amide bonds. The van der Waals surface area contributed by atoms with E-state index in [0.29, 0.717) is 22.2 Å². The number of hydrogen-bond donors (Lipinski definition) is 1. The van der Waals surface area contributed by atoms with Crippen LogP contribution in [0.3, 0.4) is 0 Å². The number of halogens is 2. The molecule has 0 aliphatic rings. The monoisotopic (exact) mass is 570 g/mol. The highest BCUT2D eigenvalue weighted by Gasteiger charge is 2.32. The second-order valence-electron chi connectivity index (χ2n) is 10.7. The van der Waals surface area contributed by atoms with Gasteiger partial charge in [-0.25, -0.2) is 0 Å². The normalized spacial score (nSPS) is 12.2. The highest BCUT2D eigenvalue weighted by molar-refractivity contribution is 7.99. The van der Waals surface area contributed by atoms with Gasteiger partial charge in [-0.1, -0.05) is 88.9 Å². The van der Waals surface area contributed by atoms with Gasteiger partial charge in [0.25, 0.3) is 0 Å². The maximum atomic E-state index is 13.8. The van der Waals surface area contributed by atoms with Crippen LogP contribution in [0.2, 0.25) is 10.0 Å². The summed E-state index contributed by atoms with van der Waals surface area (Å²) in [5.41, 5.74) is 4.85. The van der Waals surface area contributed by atoms with Gasteiger partial charge in [0.2, 0.25) is 11.8 Å². The number of aryl methyl sites for hydroxylation is 2. The topological polar surface area (TPSA) is 49.4 Å². The minimum absolute atomic E-state index is 0.115. The van der Waals surface area contributed by atoms with E-state index in [1.807, 2.05) is 57.2 Å². The van der Waals surface area contributed by atoms with Crippen molar-refractivity contribution in [3.63, 3.8) is 0 Å². The third kappa shape index (κ3) is 9.37. The molecule has 0 saturated carbocycles.